The van der Waals surface area contributed by atoms with Crippen molar-refractivity contribution in [2.45, 2.75) is 31.9 Å². The van der Waals surface area contributed by atoms with Crippen molar-refractivity contribution in [2.24, 2.45) is 5.92 Å². The first-order chi connectivity index (χ1) is 14.7. The number of anilines is 1. The topological polar surface area (TPSA) is 66.5 Å². The number of hydrogen-bond donors (Lipinski definition) is 1. The molecule has 31 heavy (non-hydrogen) atoms. The predicted molar refractivity (Wildman–Crippen MR) is 109 cm³/mol. The van der Waals surface area contributed by atoms with Gasteiger partial charge in [-0.2, -0.15) is 13.2 Å². The van der Waals surface area contributed by atoms with Crippen molar-refractivity contribution in [2.75, 3.05) is 18.4 Å². The summed E-state index contributed by atoms with van der Waals surface area (Å²) >= 11 is 0. The highest BCUT2D eigenvalue weighted by Crippen LogP contribution is 2.30. The molecule has 2 aromatic carbocycles. The summed E-state index contributed by atoms with van der Waals surface area (Å²) in [4.78, 5) is 38.6. The molecular formula is C23H23F3N2O3. The molecule has 1 heterocycles. The Labute approximate surface area is 178 Å². The van der Waals surface area contributed by atoms with E-state index in [0.717, 1.165) is 25.0 Å². The van der Waals surface area contributed by atoms with Gasteiger partial charge in [-0.25, -0.2) is 0 Å². The molecule has 1 N–H and O–H groups in total. The lowest BCUT2D eigenvalue weighted by Gasteiger charge is -2.32. The van der Waals surface area contributed by atoms with Gasteiger partial charge in [-0.05, 0) is 49.4 Å². The van der Waals surface area contributed by atoms with Gasteiger partial charge in [0.1, 0.15) is 0 Å². The van der Waals surface area contributed by atoms with Crippen LogP contribution in [0.5, 0.6) is 0 Å². The second-order valence-corrected chi connectivity index (χ2v) is 7.62. The normalized spacial score (nSPS) is 16.6. The highest BCUT2D eigenvalue weighted by atomic mass is 19.4. The lowest BCUT2D eigenvalue weighted by Crippen LogP contribution is -2.43. The Bertz CT molecular complexity index is 927. The van der Waals surface area contributed by atoms with Gasteiger partial charge in [0.25, 0.3) is 5.91 Å². The van der Waals surface area contributed by atoms with E-state index in [-0.39, 0.29) is 18.2 Å². The summed E-state index contributed by atoms with van der Waals surface area (Å²) in [6.07, 6.45) is -2.12. The first-order valence-electron chi connectivity index (χ1n) is 10.1. The quantitative estimate of drug-likeness (QED) is 0.538. The molecule has 2 aromatic rings. The number of halogens is 3. The number of benzene rings is 2. The van der Waals surface area contributed by atoms with Gasteiger partial charge in [-0.1, -0.05) is 30.3 Å². The summed E-state index contributed by atoms with van der Waals surface area (Å²) < 4.78 is 37.8. The van der Waals surface area contributed by atoms with Gasteiger partial charge in [0.05, 0.1) is 5.56 Å². The Morgan fingerprint density at radius 3 is 2.32 bits per heavy atom. The lowest BCUT2D eigenvalue weighted by molar-refractivity contribution is -0.137. The number of amides is 2. The number of likely N-dealkylation sites (tertiary alicyclic amines) is 1. The molecular weight excluding hydrogens is 409 g/mol. The third-order valence-corrected chi connectivity index (χ3v) is 5.31. The molecule has 0 aromatic heterocycles. The van der Waals surface area contributed by atoms with Crippen molar-refractivity contribution >= 4 is 23.3 Å². The first kappa shape index (κ1) is 22.5. The molecule has 1 aliphatic heterocycles. The van der Waals surface area contributed by atoms with E-state index in [4.69, 9.17) is 0 Å². The number of ketones is 1. The van der Waals surface area contributed by atoms with E-state index >= 15 is 0 Å². The summed E-state index contributed by atoms with van der Waals surface area (Å²) in [5, 5.41) is 2.59. The predicted octanol–water partition coefficient (Wildman–Crippen LogP) is 4.55. The van der Waals surface area contributed by atoms with Crippen molar-refractivity contribution < 1.29 is 27.6 Å². The third-order valence-electron chi connectivity index (χ3n) is 5.31. The maximum atomic E-state index is 12.6. The van der Waals surface area contributed by atoms with Gasteiger partial charge in [-0.3, -0.25) is 14.4 Å². The minimum atomic E-state index is -4.42. The lowest BCUT2D eigenvalue weighted by atomic mass is 9.92. The summed E-state index contributed by atoms with van der Waals surface area (Å²) in [5.74, 6) is -1.30. The van der Waals surface area contributed by atoms with E-state index in [1.54, 1.807) is 30.3 Å². The van der Waals surface area contributed by atoms with Crippen LogP contribution in [0.3, 0.4) is 0 Å². The molecule has 1 saturated heterocycles. The summed E-state index contributed by atoms with van der Waals surface area (Å²) in [6.45, 7) is 0.913. The largest absolute Gasteiger partial charge is 0.416 e. The fourth-order valence-electron chi connectivity index (χ4n) is 3.64. The molecule has 3 rings (SSSR count). The van der Waals surface area contributed by atoms with Crippen LogP contribution >= 0.6 is 0 Å². The second-order valence-electron chi connectivity index (χ2n) is 7.62. The summed E-state index contributed by atoms with van der Waals surface area (Å²) in [5.41, 5.74) is -0.125. The molecule has 0 radical (unpaired) electrons. The van der Waals surface area contributed by atoms with E-state index in [2.05, 4.69) is 5.32 Å². The Morgan fingerprint density at radius 2 is 1.68 bits per heavy atom. The molecule has 0 aliphatic carbocycles. The minimum Gasteiger partial charge on any atom is -0.336 e. The van der Waals surface area contributed by atoms with Crippen molar-refractivity contribution in [3.05, 3.63) is 65.7 Å². The maximum Gasteiger partial charge on any atom is 0.416 e. The van der Waals surface area contributed by atoms with Crippen molar-refractivity contribution in [1.29, 1.82) is 0 Å². The first-order valence-corrected chi connectivity index (χ1v) is 10.1. The zero-order chi connectivity index (χ0) is 22.4. The number of rotatable bonds is 6. The molecule has 0 unspecified atom stereocenters. The summed E-state index contributed by atoms with van der Waals surface area (Å²) in [7, 11) is 0. The Morgan fingerprint density at radius 1 is 1.00 bits per heavy atom. The summed E-state index contributed by atoms with van der Waals surface area (Å²) in [6, 6.07) is 12.7. The van der Waals surface area contributed by atoms with E-state index in [1.807, 2.05) is 0 Å². The van der Waals surface area contributed by atoms with Crippen LogP contribution in [0, 0.1) is 5.92 Å². The van der Waals surface area contributed by atoms with Crippen molar-refractivity contribution in [1.82, 2.24) is 4.90 Å². The Hall–Kier alpha value is -3.16. The molecule has 0 spiro atoms. The number of hydrogen-bond acceptors (Lipinski definition) is 3. The average Bonchev–Trinajstić information content (AvgIpc) is 2.77. The molecule has 1 fully saturated rings. The molecule has 1 atom stereocenters. The minimum absolute atomic E-state index is 0.0830. The van der Waals surface area contributed by atoms with E-state index in [9.17, 15) is 27.6 Å². The number of Topliss-reactive ketones (excluding diaryl/α,β-unsaturated/α-hetero) is 1. The number of nitrogens with one attached hydrogen (secondary N) is 1. The van der Waals surface area contributed by atoms with E-state index in [1.165, 1.54) is 17.0 Å². The van der Waals surface area contributed by atoms with Crippen LogP contribution in [-0.4, -0.2) is 35.6 Å². The number of alkyl halides is 3. The van der Waals surface area contributed by atoms with Gasteiger partial charge in [0, 0.05) is 30.8 Å². The standard InChI is InChI=1S/C23H23F3N2O3/c24-23(25,26)18-9-11-19(12-10-18)27-20(29)13-8-16-5-4-14-28(15-16)22(31)21(30)17-6-2-1-3-7-17/h1-3,6-7,9-12,16H,4-5,8,13-15H2,(H,27,29)/t16-/m0/s1. The van der Waals surface area contributed by atoms with Crippen LogP contribution in [0.15, 0.2) is 54.6 Å². The van der Waals surface area contributed by atoms with Crippen LogP contribution in [-0.2, 0) is 15.8 Å². The number of carbonyl (C=O) groups excluding carboxylic acids is 3. The highest BCUT2D eigenvalue weighted by molar-refractivity contribution is 6.42. The highest BCUT2D eigenvalue weighted by Gasteiger charge is 2.30. The second kappa shape index (κ2) is 9.76. The van der Waals surface area contributed by atoms with E-state index < -0.39 is 23.4 Å². The average molecular weight is 432 g/mol. The zero-order valence-corrected chi connectivity index (χ0v) is 16.8. The van der Waals surface area contributed by atoms with E-state index in [0.29, 0.717) is 30.8 Å². The van der Waals surface area contributed by atoms with Gasteiger partial charge in [0.2, 0.25) is 11.7 Å². The smallest absolute Gasteiger partial charge is 0.336 e. The van der Waals surface area contributed by atoms with Gasteiger partial charge < -0.3 is 10.2 Å². The SMILES string of the molecule is O=C(CC[C@@H]1CCCN(C(=O)C(=O)c2ccccc2)C1)Nc1ccc(C(F)(F)F)cc1. The molecule has 2 amide bonds. The molecule has 164 valence electrons. The van der Waals surface area contributed by atoms with Gasteiger partial charge >= 0.3 is 6.18 Å². The van der Waals surface area contributed by atoms with Gasteiger partial charge in [-0.15, -0.1) is 0 Å². The van der Waals surface area contributed by atoms with Crippen LogP contribution in [0.2, 0.25) is 0 Å². The van der Waals surface area contributed by atoms with Crippen LogP contribution in [0.1, 0.15) is 41.6 Å². The van der Waals surface area contributed by atoms with Crippen LogP contribution in [0.25, 0.3) is 0 Å². The van der Waals surface area contributed by atoms with Crippen molar-refractivity contribution in [3.63, 3.8) is 0 Å². The molecule has 0 bridgehead atoms. The fourth-order valence-corrected chi connectivity index (χ4v) is 3.64. The molecule has 1 aliphatic rings. The van der Waals surface area contributed by atoms with Gasteiger partial charge in [0.15, 0.2) is 0 Å². The molecule has 0 saturated carbocycles. The number of piperidine rings is 1. The number of carbonyl (C=O) groups is 3. The Balaban J connectivity index is 1.48. The van der Waals surface area contributed by atoms with Crippen LogP contribution < -0.4 is 5.32 Å². The van der Waals surface area contributed by atoms with Crippen molar-refractivity contribution in [3.8, 4) is 0 Å². The monoisotopic (exact) mass is 432 g/mol. The Kier molecular flexibility index (Phi) is 7.09. The fraction of sp³-hybridized carbons (Fsp3) is 0.348. The molecule has 8 heteroatoms. The number of nitrogens with zero attached hydrogens (tertiary/aromatic N) is 1. The third kappa shape index (κ3) is 6.16. The van der Waals surface area contributed by atoms with Crippen LogP contribution in [0.4, 0.5) is 18.9 Å². The zero-order valence-electron chi connectivity index (χ0n) is 16.8. The maximum absolute atomic E-state index is 12.6. The molecule has 5 nitrogen and oxygen atoms in total.